The standard InChI is InChI=1S/C6H5N3S/c7-4-9-6(8)5-2-1-3-10-5/h1-3H,(H2,8,9). The molecule has 0 bridgehead atoms. The zero-order valence-corrected chi connectivity index (χ0v) is 5.90. The van der Waals surface area contributed by atoms with Gasteiger partial charge < -0.3 is 0 Å². The molecule has 1 heterocycles. The molecule has 0 amide bonds. The topological polar surface area (TPSA) is 59.7 Å². The summed E-state index contributed by atoms with van der Waals surface area (Å²) in [4.78, 5) is 0.779. The molecule has 0 saturated carbocycles. The smallest absolute Gasteiger partial charge is 0.182 e. The van der Waals surface area contributed by atoms with Gasteiger partial charge in [-0.1, -0.05) is 6.07 Å². The van der Waals surface area contributed by atoms with Crippen molar-refractivity contribution in [1.82, 2.24) is 5.32 Å². The van der Waals surface area contributed by atoms with Crippen LogP contribution in [0.25, 0.3) is 0 Å². The monoisotopic (exact) mass is 151 g/mol. The van der Waals surface area contributed by atoms with Crippen LogP contribution in [0.15, 0.2) is 17.5 Å². The first kappa shape index (κ1) is 6.78. The molecule has 0 aliphatic rings. The van der Waals surface area contributed by atoms with E-state index in [1.807, 2.05) is 11.4 Å². The van der Waals surface area contributed by atoms with E-state index in [9.17, 15) is 0 Å². The molecule has 50 valence electrons. The van der Waals surface area contributed by atoms with E-state index in [0.29, 0.717) is 0 Å². The summed E-state index contributed by atoms with van der Waals surface area (Å²) in [5.74, 6) is 0.164. The average molecular weight is 151 g/mol. The van der Waals surface area contributed by atoms with E-state index in [-0.39, 0.29) is 5.84 Å². The quantitative estimate of drug-likeness (QED) is 0.274. The Balaban J connectivity index is 2.71. The normalized spacial score (nSPS) is 8.30. The Hall–Kier alpha value is -1.34. The van der Waals surface area contributed by atoms with Crippen molar-refractivity contribution >= 4 is 17.2 Å². The van der Waals surface area contributed by atoms with Crippen molar-refractivity contribution in [2.45, 2.75) is 0 Å². The minimum absolute atomic E-state index is 0.164. The second-order valence-electron chi connectivity index (χ2n) is 1.59. The zero-order chi connectivity index (χ0) is 7.40. The van der Waals surface area contributed by atoms with Gasteiger partial charge in [0, 0.05) is 0 Å². The van der Waals surface area contributed by atoms with Crippen molar-refractivity contribution < 1.29 is 0 Å². The van der Waals surface area contributed by atoms with Gasteiger partial charge in [-0.3, -0.25) is 10.7 Å². The molecule has 0 spiro atoms. The van der Waals surface area contributed by atoms with Crippen LogP contribution in [-0.2, 0) is 0 Å². The van der Waals surface area contributed by atoms with Gasteiger partial charge >= 0.3 is 0 Å². The Bertz CT molecular complexity index is 257. The van der Waals surface area contributed by atoms with E-state index >= 15 is 0 Å². The van der Waals surface area contributed by atoms with E-state index in [2.05, 4.69) is 5.32 Å². The Morgan fingerprint density at radius 1 is 1.80 bits per heavy atom. The number of nitrogens with zero attached hydrogens (tertiary/aromatic N) is 1. The van der Waals surface area contributed by atoms with Crippen molar-refractivity contribution in [2.24, 2.45) is 0 Å². The molecule has 10 heavy (non-hydrogen) atoms. The maximum Gasteiger partial charge on any atom is 0.182 e. The molecule has 2 N–H and O–H groups in total. The molecule has 0 radical (unpaired) electrons. The predicted molar refractivity (Wildman–Crippen MR) is 39.9 cm³/mol. The second-order valence-corrected chi connectivity index (χ2v) is 2.54. The van der Waals surface area contributed by atoms with Crippen molar-refractivity contribution in [3.63, 3.8) is 0 Å². The number of amidine groups is 1. The number of hydrogen-bond acceptors (Lipinski definition) is 3. The largest absolute Gasteiger partial charge is 0.283 e. The molecule has 1 aromatic rings. The van der Waals surface area contributed by atoms with Gasteiger partial charge in [0.05, 0.1) is 4.88 Å². The van der Waals surface area contributed by atoms with Crippen LogP contribution in [0.1, 0.15) is 4.88 Å². The molecule has 1 rings (SSSR count). The van der Waals surface area contributed by atoms with Crippen LogP contribution in [0.5, 0.6) is 0 Å². The summed E-state index contributed by atoms with van der Waals surface area (Å²) in [5, 5.41) is 19.5. The summed E-state index contributed by atoms with van der Waals surface area (Å²) in [6.07, 6.45) is 1.69. The Labute approximate surface area is 62.4 Å². The van der Waals surface area contributed by atoms with E-state index in [1.165, 1.54) is 11.3 Å². The summed E-state index contributed by atoms with van der Waals surface area (Å²) in [7, 11) is 0. The summed E-state index contributed by atoms with van der Waals surface area (Å²) < 4.78 is 0. The number of nitrogens with one attached hydrogen (secondary N) is 2. The molecule has 0 aromatic carbocycles. The van der Waals surface area contributed by atoms with Crippen molar-refractivity contribution in [3.8, 4) is 6.19 Å². The van der Waals surface area contributed by atoms with Crippen molar-refractivity contribution in [3.05, 3.63) is 22.4 Å². The van der Waals surface area contributed by atoms with Crippen LogP contribution in [-0.4, -0.2) is 5.84 Å². The fourth-order valence-electron chi connectivity index (χ4n) is 0.538. The maximum absolute atomic E-state index is 8.14. The van der Waals surface area contributed by atoms with Crippen LogP contribution in [0.3, 0.4) is 0 Å². The first-order chi connectivity index (χ1) is 4.84. The fourth-order valence-corrected chi connectivity index (χ4v) is 1.17. The third-order valence-corrected chi connectivity index (χ3v) is 1.84. The highest BCUT2D eigenvalue weighted by Crippen LogP contribution is 2.06. The van der Waals surface area contributed by atoms with Gasteiger partial charge in [0.2, 0.25) is 0 Å². The van der Waals surface area contributed by atoms with Gasteiger partial charge in [-0.25, -0.2) is 0 Å². The summed E-state index contributed by atoms with van der Waals surface area (Å²) in [6.45, 7) is 0. The summed E-state index contributed by atoms with van der Waals surface area (Å²) >= 11 is 1.43. The predicted octanol–water partition coefficient (Wildman–Crippen LogP) is 1.14. The first-order valence-corrected chi connectivity index (χ1v) is 3.50. The van der Waals surface area contributed by atoms with Gasteiger partial charge in [0.15, 0.2) is 6.19 Å². The lowest BCUT2D eigenvalue weighted by atomic mass is 10.4. The van der Waals surface area contributed by atoms with E-state index in [1.54, 1.807) is 12.3 Å². The molecule has 0 fully saturated rings. The van der Waals surface area contributed by atoms with Gasteiger partial charge in [-0.2, -0.15) is 5.26 Å². The van der Waals surface area contributed by atoms with E-state index < -0.39 is 0 Å². The molecule has 0 atom stereocenters. The molecule has 4 heteroatoms. The molecular weight excluding hydrogens is 146 g/mol. The number of thiophene rings is 1. The van der Waals surface area contributed by atoms with E-state index in [0.717, 1.165) is 4.88 Å². The Kier molecular flexibility index (Phi) is 2.03. The second kappa shape index (κ2) is 2.99. The highest BCUT2D eigenvalue weighted by Gasteiger charge is 1.98. The molecular formula is C6H5N3S. The van der Waals surface area contributed by atoms with Gasteiger partial charge in [-0.15, -0.1) is 11.3 Å². The van der Waals surface area contributed by atoms with Crippen molar-refractivity contribution in [1.29, 1.82) is 10.7 Å². The molecule has 0 aliphatic carbocycles. The Morgan fingerprint density at radius 3 is 3.10 bits per heavy atom. The number of nitriles is 1. The lowest BCUT2D eigenvalue weighted by Gasteiger charge is -1.92. The highest BCUT2D eigenvalue weighted by atomic mass is 32.1. The minimum atomic E-state index is 0.164. The average Bonchev–Trinajstić information content (AvgIpc) is 2.38. The Morgan fingerprint density at radius 2 is 2.60 bits per heavy atom. The molecule has 0 unspecified atom stereocenters. The fraction of sp³-hybridized carbons (Fsp3) is 0. The van der Waals surface area contributed by atoms with Crippen molar-refractivity contribution in [2.75, 3.05) is 0 Å². The third kappa shape index (κ3) is 1.33. The SMILES string of the molecule is N#CNC(=N)c1cccs1. The maximum atomic E-state index is 8.14. The van der Waals surface area contributed by atoms with Crippen LogP contribution in [0.4, 0.5) is 0 Å². The number of rotatable bonds is 1. The highest BCUT2D eigenvalue weighted by molar-refractivity contribution is 7.12. The molecule has 3 nitrogen and oxygen atoms in total. The van der Waals surface area contributed by atoms with Gasteiger partial charge in [0.1, 0.15) is 5.84 Å². The van der Waals surface area contributed by atoms with E-state index in [4.69, 9.17) is 10.7 Å². The zero-order valence-electron chi connectivity index (χ0n) is 5.09. The third-order valence-electron chi connectivity index (χ3n) is 0.948. The first-order valence-electron chi connectivity index (χ1n) is 2.62. The lowest BCUT2D eigenvalue weighted by Crippen LogP contribution is -2.15. The minimum Gasteiger partial charge on any atom is -0.283 e. The summed E-state index contributed by atoms with van der Waals surface area (Å²) in [5.41, 5.74) is 0. The van der Waals surface area contributed by atoms with Gasteiger partial charge in [0.25, 0.3) is 0 Å². The van der Waals surface area contributed by atoms with Crippen LogP contribution >= 0.6 is 11.3 Å². The van der Waals surface area contributed by atoms with Crippen LogP contribution in [0, 0.1) is 16.9 Å². The molecule has 0 aliphatic heterocycles. The number of hydrogen-bond donors (Lipinski definition) is 2. The van der Waals surface area contributed by atoms with Gasteiger partial charge in [-0.05, 0) is 11.4 Å². The van der Waals surface area contributed by atoms with Crippen LogP contribution in [0.2, 0.25) is 0 Å². The lowest BCUT2D eigenvalue weighted by molar-refractivity contribution is 1.23. The molecule has 1 aromatic heterocycles. The molecule has 0 saturated heterocycles. The van der Waals surface area contributed by atoms with Crippen LogP contribution < -0.4 is 5.32 Å². The summed E-state index contributed by atoms with van der Waals surface area (Å²) in [6, 6.07) is 3.63.